The first kappa shape index (κ1) is 10.6. The molecule has 0 aromatic rings. The minimum atomic E-state index is -1.28. The molecule has 6 nitrogen and oxygen atoms in total. The summed E-state index contributed by atoms with van der Waals surface area (Å²) in [6.45, 7) is 0. The maximum atomic E-state index is 10.2. The van der Waals surface area contributed by atoms with Gasteiger partial charge >= 0.3 is 12.3 Å². The fourth-order valence-corrected chi connectivity index (χ4v) is 1.55. The highest BCUT2D eigenvalue weighted by Gasteiger charge is 2.25. The number of ether oxygens (including phenoxy) is 2. The molecule has 6 heteroatoms. The number of hydrogen-bond donors (Lipinski definition) is 2. The average Bonchev–Trinajstić information content (AvgIpc) is 2.06. The molecule has 0 spiro atoms. The Bertz CT molecular complexity index is 194. The van der Waals surface area contributed by atoms with Gasteiger partial charge in [0.05, 0.1) is 0 Å². The van der Waals surface area contributed by atoms with E-state index in [0.29, 0.717) is 25.7 Å². The Kier molecular flexibility index (Phi) is 3.55. The lowest BCUT2D eigenvalue weighted by Crippen LogP contribution is -2.29. The van der Waals surface area contributed by atoms with Gasteiger partial charge in [0, 0.05) is 0 Å². The third-order valence-electron chi connectivity index (χ3n) is 2.16. The molecule has 0 unspecified atom stereocenters. The molecule has 0 amide bonds. The van der Waals surface area contributed by atoms with Crippen LogP contribution in [0.25, 0.3) is 0 Å². The zero-order chi connectivity index (χ0) is 10.6. The molecule has 2 N–H and O–H groups in total. The van der Waals surface area contributed by atoms with E-state index in [1.54, 1.807) is 0 Å². The van der Waals surface area contributed by atoms with Gasteiger partial charge in [0.25, 0.3) is 0 Å². The fraction of sp³-hybridized carbons (Fsp3) is 0.750. The minimum Gasteiger partial charge on any atom is -0.450 e. The van der Waals surface area contributed by atoms with Gasteiger partial charge in [-0.05, 0) is 25.7 Å². The predicted molar refractivity (Wildman–Crippen MR) is 44.3 cm³/mol. The second-order valence-corrected chi connectivity index (χ2v) is 3.17. The minimum absolute atomic E-state index is 0.318. The van der Waals surface area contributed by atoms with Crippen LogP contribution in [-0.4, -0.2) is 34.7 Å². The third kappa shape index (κ3) is 3.51. The first-order valence-corrected chi connectivity index (χ1v) is 4.37. The molecule has 1 aliphatic carbocycles. The van der Waals surface area contributed by atoms with Gasteiger partial charge in [0.2, 0.25) is 0 Å². The summed E-state index contributed by atoms with van der Waals surface area (Å²) in [5.74, 6) is 0. The largest absolute Gasteiger partial charge is 0.506 e. The quantitative estimate of drug-likeness (QED) is 0.665. The Labute approximate surface area is 80.4 Å². The van der Waals surface area contributed by atoms with Gasteiger partial charge in [0.15, 0.2) is 0 Å². The van der Waals surface area contributed by atoms with Crippen LogP contribution < -0.4 is 0 Å². The molecule has 1 aliphatic rings. The number of carboxylic acid groups (broad SMARTS) is 2. The number of rotatable bonds is 2. The van der Waals surface area contributed by atoms with E-state index in [4.69, 9.17) is 10.2 Å². The molecule has 0 aromatic heterocycles. The van der Waals surface area contributed by atoms with E-state index in [1.807, 2.05) is 0 Å². The van der Waals surface area contributed by atoms with Crippen molar-refractivity contribution in [2.75, 3.05) is 0 Å². The van der Waals surface area contributed by atoms with Gasteiger partial charge in [-0.3, -0.25) is 0 Å². The summed E-state index contributed by atoms with van der Waals surface area (Å²) in [7, 11) is 0. The van der Waals surface area contributed by atoms with Gasteiger partial charge in [-0.25, -0.2) is 9.59 Å². The molecule has 80 valence electrons. The van der Waals surface area contributed by atoms with Crippen molar-refractivity contribution >= 4 is 12.3 Å². The highest BCUT2D eigenvalue weighted by molar-refractivity contribution is 5.57. The summed E-state index contributed by atoms with van der Waals surface area (Å²) in [5, 5.41) is 16.7. The lowest BCUT2D eigenvalue weighted by Gasteiger charge is -2.26. The topological polar surface area (TPSA) is 93.1 Å². The molecule has 14 heavy (non-hydrogen) atoms. The van der Waals surface area contributed by atoms with Gasteiger partial charge in [-0.1, -0.05) is 0 Å². The molecule has 0 heterocycles. The Morgan fingerprint density at radius 1 is 0.857 bits per heavy atom. The second-order valence-electron chi connectivity index (χ2n) is 3.17. The van der Waals surface area contributed by atoms with Crippen LogP contribution >= 0.6 is 0 Å². The van der Waals surface area contributed by atoms with E-state index in [2.05, 4.69) is 9.47 Å². The summed E-state index contributed by atoms with van der Waals surface area (Å²) in [6.07, 6.45) is -1.13. The summed E-state index contributed by atoms with van der Waals surface area (Å²) in [5.41, 5.74) is 0. The monoisotopic (exact) mass is 204 g/mol. The van der Waals surface area contributed by atoms with Crippen molar-refractivity contribution < 1.29 is 29.3 Å². The fourth-order valence-electron chi connectivity index (χ4n) is 1.55. The van der Waals surface area contributed by atoms with Gasteiger partial charge in [-0.2, -0.15) is 0 Å². The van der Waals surface area contributed by atoms with Crippen LogP contribution in [0.3, 0.4) is 0 Å². The molecule has 1 rings (SSSR count). The van der Waals surface area contributed by atoms with Crippen molar-refractivity contribution in [3.05, 3.63) is 0 Å². The van der Waals surface area contributed by atoms with E-state index >= 15 is 0 Å². The molecule has 1 fully saturated rings. The average molecular weight is 204 g/mol. The Hall–Kier alpha value is -1.46. The molecule has 0 atom stereocenters. The molecule has 0 aromatic carbocycles. The Balaban J connectivity index is 2.24. The Morgan fingerprint density at radius 3 is 1.36 bits per heavy atom. The van der Waals surface area contributed by atoms with Gasteiger partial charge < -0.3 is 19.7 Å². The van der Waals surface area contributed by atoms with Crippen LogP contribution in [0.15, 0.2) is 0 Å². The summed E-state index contributed by atoms with van der Waals surface area (Å²) < 4.78 is 9.12. The van der Waals surface area contributed by atoms with E-state index in [0.717, 1.165) is 0 Å². The maximum Gasteiger partial charge on any atom is 0.506 e. The van der Waals surface area contributed by atoms with E-state index in [1.165, 1.54) is 0 Å². The van der Waals surface area contributed by atoms with Crippen molar-refractivity contribution in [1.29, 1.82) is 0 Å². The van der Waals surface area contributed by atoms with Crippen molar-refractivity contribution in [1.82, 2.24) is 0 Å². The summed E-state index contributed by atoms with van der Waals surface area (Å²) >= 11 is 0. The van der Waals surface area contributed by atoms with Crippen LogP contribution in [0.5, 0.6) is 0 Å². The first-order chi connectivity index (χ1) is 6.58. The van der Waals surface area contributed by atoms with Crippen LogP contribution in [0.2, 0.25) is 0 Å². The lowest BCUT2D eigenvalue weighted by molar-refractivity contribution is -0.00911. The van der Waals surface area contributed by atoms with Crippen molar-refractivity contribution in [2.24, 2.45) is 0 Å². The van der Waals surface area contributed by atoms with Gasteiger partial charge in [-0.15, -0.1) is 0 Å². The predicted octanol–water partition coefficient (Wildman–Crippen LogP) is 1.69. The number of carbonyl (C=O) groups is 2. The molecule has 0 bridgehead atoms. The highest BCUT2D eigenvalue weighted by atomic mass is 16.7. The summed E-state index contributed by atoms with van der Waals surface area (Å²) in [6, 6.07) is 0. The van der Waals surface area contributed by atoms with Crippen molar-refractivity contribution in [2.45, 2.75) is 37.9 Å². The first-order valence-electron chi connectivity index (χ1n) is 4.37. The molecule has 0 aliphatic heterocycles. The van der Waals surface area contributed by atoms with Crippen molar-refractivity contribution in [3.8, 4) is 0 Å². The van der Waals surface area contributed by atoms with Crippen LogP contribution in [0, 0.1) is 0 Å². The SMILES string of the molecule is O=C(O)OC1CCC(OC(=O)O)CC1. The van der Waals surface area contributed by atoms with Crippen molar-refractivity contribution in [3.63, 3.8) is 0 Å². The summed E-state index contributed by atoms with van der Waals surface area (Å²) in [4.78, 5) is 20.4. The van der Waals surface area contributed by atoms with Crippen LogP contribution in [-0.2, 0) is 9.47 Å². The smallest absolute Gasteiger partial charge is 0.450 e. The molecular formula is C8H12O6. The Morgan fingerprint density at radius 2 is 1.14 bits per heavy atom. The molecule has 0 saturated heterocycles. The molecular weight excluding hydrogens is 192 g/mol. The zero-order valence-corrected chi connectivity index (χ0v) is 7.51. The maximum absolute atomic E-state index is 10.2. The van der Waals surface area contributed by atoms with Crippen LogP contribution in [0.4, 0.5) is 9.59 Å². The van der Waals surface area contributed by atoms with E-state index < -0.39 is 12.3 Å². The standard InChI is InChI=1S/C8H12O6/c9-7(10)13-5-1-2-6(4-3-5)14-8(11)12/h5-6H,1-4H2,(H,9,10)(H,11,12). The van der Waals surface area contributed by atoms with Gasteiger partial charge in [0.1, 0.15) is 12.2 Å². The number of hydrogen-bond acceptors (Lipinski definition) is 4. The molecule has 0 radical (unpaired) electrons. The lowest BCUT2D eigenvalue weighted by atomic mass is 9.95. The molecule has 1 saturated carbocycles. The second kappa shape index (κ2) is 4.69. The third-order valence-corrected chi connectivity index (χ3v) is 2.16. The van der Waals surface area contributed by atoms with E-state index in [9.17, 15) is 9.59 Å². The highest BCUT2D eigenvalue weighted by Crippen LogP contribution is 2.23. The zero-order valence-electron chi connectivity index (χ0n) is 7.51. The van der Waals surface area contributed by atoms with Crippen LogP contribution in [0.1, 0.15) is 25.7 Å². The normalized spacial score (nSPS) is 26.6. The van der Waals surface area contributed by atoms with E-state index in [-0.39, 0.29) is 12.2 Å².